The largest absolute Gasteiger partial charge is 0.311 e. The summed E-state index contributed by atoms with van der Waals surface area (Å²) in [5, 5.41) is 3.18. The van der Waals surface area contributed by atoms with Crippen LogP contribution in [0.4, 0.5) is 0 Å². The van der Waals surface area contributed by atoms with Gasteiger partial charge in [-0.05, 0) is 18.0 Å². The Kier molecular flexibility index (Phi) is 4.69. The molecule has 0 spiro atoms. The maximum absolute atomic E-state index is 11.7. The van der Waals surface area contributed by atoms with Gasteiger partial charge in [0.15, 0.2) is 0 Å². The first kappa shape index (κ1) is 14.5. The number of nitrogens with one attached hydrogen (secondary N) is 2. The van der Waals surface area contributed by atoms with Crippen LogP contribution in [0.25, 0.3) is 11.4 Å². The van der Waals surface area contributed by atoms with E-state index in [0.29, 0.717) is 18.3 Å². The van der Waals surface area contributed by atoms with Gasteiger partial charge >= 0.3 is 0 Å². The first-order valence-corrected chi connectivity index (χ1v) is 7.01. The zero-order valence-corrected chi connectivity index (χ0v) is 12.2. The van der Waals surface area contributed by atoms with Crippen molar-refractivity contribution < 1.29 is 0 Å². The van der Waals surface area contributed by atoms with Crippen LogP contribution in [-0.2, 0) is 6.54 Å². The molecule has 0 aliphatic carbocycles. The van der Waals surface area contributed by atoms with Crippen molar-refractivity contribution in [1.29, 1.82) is 0 Å². The Morgan fingerprint density at radius 2 is 1.95 bits per heavy atom. The van der Waals surface area contributed by atoms with Crippen LogP contribution in [0.1, 0.15) is 37.9 Å². The molecule has 20 heavy (non-hydrogen) atoms. The normalized spacial score (nSPS) is 11.0. The van der Waals surface area contributed by atoms with Gasteiger partial charge in [-0.3, -0.25) is 4.79 Å². The minimum atomic E-state index is -0.115. The Morgan fingerprint density at radius 3 is 2.55 bits per heavy atom. The lowest BCUT2D eigenvalue weighted by molar-refractivity contribution is 0.708. The summed E-state index contributed by atoms with van der Waals surface area (Å²) in [6.45, 7) is 7.81. The van der Waals surface area contributed by atoms with Gasteiger partial charge in [-0.2, -0.15) is 0 Å². The van der Waals surface area contributed by atoms with E-state index in [0.717, 1.165) is 17.8 Å². The van der Waals surface area contributed by atoms with E-state index in [1.807, 2.05) is 19.1 Å². The SMILES string of the molecule is CCNCc1cc(=O)[nH]c(-c2ccc(C(C)C)cc2)n1. The first-order chi connectivity index (χ1) is 9.60. The Balaban J connectivity index is 2.31. The molecule has 1 heterocycles. The Bertz CT molecular complexity index is 614. The molecule has 0 bridgehead atoms. The smallest absolute Gasteiger partial charge is 0.251 e. The summed E-state index contributed by atoms with van der Waals surface area (Å²) in [6, 6.07) is 9.71. The number of benzene rings is 1. The predicted octanol–water partition coefficient (Wildman–Crippen LogP) is 2.67. The summed E-state index contributed by atoms with van der Waals surface area (Å²) in [7, 11) is 0. The zero-order chi connectivity index (χ0) is 14.5. The maximum atomic E-state index is 11.7. The molecule has 4 nitrogen and oxygen atoms in total. The molecule has 0 fully saturated rings. The lowest BCUT2D eigenvalue weighted by Gasteiger charge is -2.08. The molecular weight excluding hydrogens is 250 g/mol. The molecule has 2 aromatic rings. The summed E-state index contributed by atoms with van der Waals surface area (Å²) in [5.74, 6) is 1.12. The number of hydrogen-bond donors (Lipinski definition) is 2. The molecule has 4 heteroatoms. The molecule has 2 N–H and O–H groups in total. The third-order valence-electron chi connectivity index (χ3n) is 3.20. The molecule has 106 valence electrons. The second-order valence-electron chi connectivity index (χ2n) is 5.14. The van der Waals surface area contributed by atoms with Crippen LogP contribution in [0, 0.1) is 0 Å². The van der Waals surface area contributed by atoms with E-state index < -0.39 is 0 Å². The number of aromatic amines is 1. The highest BCUT2D eigenvalue weighted by molar-refractivity contribution is 5.55. The lowest BCUT2D eigenvalue weighted by atomic mass is 10.0. The van der Waals surface area contributed by atoms with E-state index in [2.05, 4.69) is 41.3 Å². The maximum Gasteiger partial charge on any atom is 0.251 e. The van der Waals surface area contributed by atoms with Crippen molar-refractivity contribution in [3.8, 4) is 11.4 Å². The lowest BCUT2D eigenvalue weighted by Crippen LogP contribution is -2.17. The van der Waals surface area contributed by atoms with E-state index in [1.165, 1.54) is 11.6 Å². The van der Waals surface area contributed by atoms with Crippen molar-refractivity contribution in [2.75, 3.05) is 6.54 Å². The van der Waals surface area contributed by atoms with E-state index in [4.69, 9.17) is 0 Å². The van der Waals surface area contributed by atoms with Crippen LogP contribution in [0.5, 0.6) is 0 Å². The van der Waals surface area contributed by atoms with E-state index in [1.54, 1.807) is 0 Å². The van der Waals surface area contributed by atoms with Gasteiger partial charge in [0, 0.05) is 18.2 Å². The van der Waals surface area contributed by atoms with Gasteiger partial charge in [-0.15, -0.1) is 0 Å². The van der Waals surface area contributed by atoms with Crippen molar-refractivity contribution in [2.24, 2.45) is 0 Å². The number of H-pyrrole nitrogens is 1. The van der Waals surface area contributed by atoms with Crippen molar-refractivity contribution >= 4 is 0 Å². The second-order valence-corrected chi connectivity index (χ2v) is 5.14. The fourth-order valence-corrected chi connectivity index (χ4v) is 2.01. The van der Waals surface area contributed by atoms with Crippen LogP contribution in [0.2, 0.25) is 0 Å². The van der Waals surface area contributed by atoms with Gasteiger partial charge in [0.05, 0.1) is 5.69 Å². The third kappa shape index (κ3) is 3.54. The van der Waals surface area contributed by atoms with Crippen molar-refractivity contribution in [1.82, 2.24) is 15.3 Å². The van der Waals surface area contributed by atoms with E-state index in [9.17, 15) is 4.79 Å². The van der Waals surface area contributed by atoms with Gasteiger partial charge in [0.25, 0.3) is 5.56 Å². The zero-order valence-electron chi connectivity index (χ0n) is 12.2. The third-order valence-corrected chi connectivity index (χ3v) is 3.20. The van der Waals surface area contributed by atoms with Crippen LogP contribution in [-0.4, -0.2) is 16.5 Å². The highest BCUT2D eigenvalue weighted by atomic mass is 16.1. The van der Waals surface area contributed by atoms with Crippen LogP contribution in [0.3, 0.4) is 0 Å². The molecule has 0 aliphatic rings. The minimum Gasteiger partial charge on any atom is -0.311 e. The van der Waals surface area contributed by atoms with Crippen molar-refractivity contribution in [3.63, 3.8) is 0 Å². The summed E-state index contributed by atoms with van der Waals surface area (Å²) in [5.41, 5.74) is 2.86. The molecular formula is C16H21N3O. The molecule has 0 amide bonds. The van der Waals surface area contributed by atoms with Crippen LogP contribution in [0.15, 0.2) is 35.1 Å². The highest BCUT2D eigenvalue weighted by Gasteiger charge is 2.05. The molecule has 1 aromatic carbocycles. The van der Waals surface area contributed by atoms with E-state index in [-0.39, 0.29) is 5.56 Å². The monoisotopic (exact) mass is 271 g/mol. The minimum absolute atomic E-state index is 0.115. The second kappa shape index (κ2) is 6.48. The first-order valence-electron chi connectivity index (χ1n) is 7.01. The quantitative estimate of drug-likeness (QED) is 0.879. The molecule has 0 aliphatic heterocycles. The Labute approximate surface area is 119 Å². The fourth-order valence-electron chi connectivity index (χ4n) is 2.01. The Hall–Kier alpha value is -1.94. The molecule has 0 unspecified atom stereocenters. The molecule has 0 saturated heterocycles. The summed E-state index contributed by atoms with van der Waals surface area (Å²) >= 11 is 0. The number of hydrogen-bond acceptors (Lipinski definition) is 3. The van der Waals surface area contributed by atoms with Gasteiger partial charge < -0.3 is 10.3 Å². The summed E-state index contributed by atoms with van der Waals surface area (Å²) in [4.78, 5) is 19.0. The molecule has 1 aromatic heterocycles. The predicted molar refractivity (Wildman–Crippen MR) is 81.8 cm³/mol. The fraction of sp³-hybridized carbons (Fsp3) is 0.375. The molecule has 2 rings (SSSR count). The molecule has 0 saturated carbocycles. The van der Waals surface area contributed by atoms with Crippen molar-refractivity contribution in [3.05, 3.63) is 51.9 Å². The highest BCUT2D eigenvalue weighted by Crippen LogP contribution is 2.19. The van der Waals surface area contributed by atoms with Gasteiger partial charge in [0.2, 0.25) is 0 Å². The standard InChI is InChI=1S/C16H21N3O/c1-4-17-10-14-9-15(20)19-16(18-14)13-7-5-12(6-8-13)11(2)3/h5-9,11,17H,4,10H2,1-3H3,(H,18,19,20). The van der Waals surface area contributed by atoms with Crippen molar-refractivity contribution in [2.45, 2.75) is 33.2 Å². The van der Waals surface area contributed by atoms with Gasteiger partial charge in [-0.25, -0.2) is 4.98 Å². The topological polar surface area (TPSA) is 57.8 Å². The number of nitrogens with zero attached hydrogens (tertiary/aromatic N) is 1. The summed E-state index contributed by atoms with van der Waals surface area (Å²) < 4.78 is 0. The van der Waals surface area contributed by atoms with Crippen LogP contribution < -0.4 is 10.9 Å². The van der Waals surface area contributed by atoms with Gasteiger partial charge in [0.1, 0.15) is 5.82 Å². The number of aromatic nitrogens is 2. The summed E-state index contributed by atoms with van der Waals surface area (Å²) in [6.07, 6.45) is 0. The molecule has 0 radical (unpaired) electrons. The van der Waals surface area contributed by atoms with E-state index >= 15 is 0 Å². The average molecular weight is 271 g/mol. The number of rotatable bonds is 5. The van der Waals surface area contributed by atoms with Gasteiger partial charge in [-0.1, -0.05) is 45.0 Å². The average Bonchev–Trinajstić information content (AvgIpc) is 2.44. The van der Waals surface area contributed by atoms with Crippen LogP contribution >= 0.6 is 0 Å². The molecule has 0 atom stereocenters. The Morgan fingerprint density at radius 1 is 1.25 bits per heavy atom.